The van der Waals surface area contributed by atoms with Gasteiger partial charge in [-0.15, -0.1) is 0 Å². The van der Waals surface area contributed by atoms with Gasteiger partial charge in [0.1, 0.15) is 30.2 Å². The Kier molecular flexibility index (Phi) is 7.00. The van der Waals surface area contributed by atoms with Crippen LogP contribution in [0.5, 0.6) is 5.75 Å². The van der Waals surface area contributed by atoms with Crippen LogP contribution in [-0.2, 0) is 28.3 Å². The number of hydrogen-bond donors (Lipinski definition) is 0. The monoisotopic (exact) mass is 543 g/mol. The highest BCUT2D eigenvalue weighted by atomic mass is 16.6. The molecule has 1 spiro atoms. The average Bonchev–Trinajstić information content (AvgIpc) is 3.56. The fourth-order valence-corrected chi connectivity index (χ4v) is 6.33. The van der Waals surface area contributed by atoms with E-state index in [1.807, 2.05) is 78.2 Å². The van der Waals surface area contributed by atoms with Crippen molar-refractivity contribution in [2.75, 3.05) is 40.3 Å². The summed E-state index contributed by atoms with van der Waals surface area (Å²) < 4.78 is 14.2. The molecule has 6 rings (SSSR count). The number of para-hydroxylation sites is 1. The van der Waals surface area contributed by atoms with Crippen molar-refractivity contribution in [3.05, 3.63) is 71.4 Å². The second kappa shape index (κ2) is 10.6. The zero-order chi connectivity index (χ0) is 27.9. The van der Waals surface area contributed by atoms with Crippen molar-refractivity contribution in [2.24, 2.45) is 0 Å². The Labute approximate surface area is 235 Å². The van der Waals surface area contributed by atoms with E-state index >= 15 is 0 Å². The van der Waals surface area contributed by atoms with Crippen LogP contribution < -0.4 is 4.74 Å². The quantitative estimate of drug-likeness (QED) is 0.483. The lowest BCUT2D eigenvalue weighted by atomic mass is 9.79. The summed E-state index contributed by atoms with van der Waals surface area (Å²) in [5.41, 5.74) is 4.12. The summed E-state index contributed by atoms with van der Waals surface area (Å²) >= 11 is 0. The molecular weight excluding hydrogens is 506 g/mol. The lowest BCUT2D eigenvalue weighted by Gasteiger charge is -2.44. The molecule has 3 aliphatic heterocycles. The van der Waals surface area contributed by atoms with E-state index in [1.165, 1.54) is 0 Å². The highest BCUT2D eigenvalue weighted by molar-refractivity contribution is 5.78. The van der Waals surface area contributed by atoms with Crippen LogP contribution in [0.25, 0.3) is 11.3 Å². The van der Waals surface area contributed by atoms with Crippen molar-refractivity contribution in [1.82, 2.24) is 24.5 Å². The number of likely N-dealkylation sites (N-methyl/N-ethyl adjacent to an activating group) is 2. The van der Waals surface area contributed by atoms with Gasteiger partial charge in [0.15, 0.2) is 0 Å². The molecule has 40 heavy (non-hydrogen) atoms. The van der Waals surface area contributed by atoms with E-state index in [0.29, 0.717) is 25.9 Å². The highest BCUT2D eigenvalue weighted by Gasteiger charge is 2.47. The van der Waals surface area contributed by atoms with E-state index in [0.717, 1.165) is 53.3 Å². The predicted octanol–water partition coefficient (Wildman–Crippen LogP) is 4.04. The minimum absolute atomic E-state index is 0.0579. The molecule has 2 amide bonds. The molecule has 4 heterocycles. The summed E-state index contributed by atoms with van der Waals surface area (Å²) in [6, 6.07) is 17.9. The number of hydrogen-bond acceptors (Lipinski definition) is 6. The molecule has 9 nitrogen and oxygen atoms in total. The van der Waals surface area contributed by atoms with Gasteiger partial charge in [-0.05, 0) is 44.6 Å². The molecule has 1 atom stereocenters. The molecule has 3 aliphatic rings. The molecule has 9 heteroatoms. The maximum Gasteiger partial charge on any atom is 0.410 e. The molecule has 0 bridgehead atoms. The molecule has 2 fully saturated rings. The van der Waals surface area contributed by atoms with Gasteiger partial charge in [0, 0.05) is 62.4 Å². The standard InChI is InChI=1S/C31H37N5O4/c1-22-28-29(32-36(22)20-27(37)34(3)24-13-16-33(2)19-24)25-11-7-8-12-26(25)40-31(28)14-17-35(18-15-31)30(38)39-21-23-9-5-4-6-10-23/h4-12,24H,13-21H2,1-3H3/t24-/m1/s1. The molecule has 2 saturated heterocycles. The van der Waals surface area contributed by atoms with Gasteiger partial charge in [-0.25, -0.2) is 4.79 Å². The second-order valence-electron chi connectivity index (χ2n) is 11.3. The first-order valence-electron chi connectivity index (χ1n) is 14.1. The third-order valence-corrected chi connectivity index (χ3v) is 8.74. The van der Waals surface area contributed by atoms with Crippen molar-refractivity contribution in [1.29, 1.82) is 0 Å². The van der Waals surface area contributed by atoms with Gasteiger partial charge in [-0.3, -0.25) is 9.48 Å². The van der Waals surface area contributed by atoms with Gasteiger partial charge >= 0.3 is 6.09 Å². The molecule has 210 valence electrons. The number of likely N-dealkylation sites (tertiary alicyclic amines) is 2. The number of aromatic nitrogens is 2. The predicted molar refractivity (Wildman–Crippen MR) is 151 cm³/mol. The third-order valence-electron chi connectivity index (χ3n) is 8.74. The Morgan fingerprint density at radius 1 is 1.07 bits per heavy atom. The first kappa shape index (κ1) is 26.4. The molecule has 0 unspecified atom stereocenters. The molecule has 0 radical (unpaired) electrons. The zero-order valence-electron chi connectivity index (χ0n) is 23.5. The molecule has 1 aromatic heterocycles. The second-order valence-corrected chi connectivity index (χ2v) is 11.3. The van der Waals surface area contributed by atoms with Crippen molar-refractivity contribution in [2.45, 2.75) is 51.0 Å². The summed E-state index contributed by atoms with van der Waals surface area (Å²) in [5, 5.41) is 5.00. The fourth-order valence-electron chi connectivity index (χ4n) is 6.33. The molecule has 0 saturated carbocycles. The SMILES string of the molecule is Cc1c2c(nn1CC(=O)N(C)[C@@H]1CCN(C)C1)-c1ccccc1OC21CCN(C(=O)OCc2ccccc2)CC1. The van der Waals surface area contributed by atoms with Crippen LogP contribution in [0.1, 0.15) is 36.1 Å². The van der Waals surface area contributed by atoms with E-state index < -0.39 is 5.60 Å². The fraction of sp³-hybridized carbons (Fsp3) is 0.452. The van der Waals surface area contributed by atoms with E-state index in [9.17, 15) is 9.59 Å². The van der Waals surface area contributed by atoms with Gasteiger partial charge in [0.05, 0.1) is 0 Å². The summed E-state index contributed by atoms with van der Waals surface area (Å²) in [5.74, 6) is 0.847. The third kappa shape index (κ3) is 4.83. The number of amides is 2. The number of carbonyl (C=O) groups is 2. The van der Waals surface area contributed by atoms with Crippen molar-refractivity contribution in [3.63, 3.8) is 0 Å². The van der Waals surface area contributed by atoms with Crippen molar-refractivity contribution in [3.8, 4) is 17.0 Å². The Bertz CT molecular complexity index is 1400. The normalized spacial score (nSPS) is 19.6. The number of piperidine rings is 1. The lowest BCUT2D eigenvalue weighted by molar-refractivity contribution is -0.132. The molecule has 2 aromatic carbocycles. The van der Waals surface area contributed by atoms with E-state index in [-0.39, 0.29) is 31.2 Å². The average molecular weight is 544 g/mol. The smallest absolute Gasteiger partial charge is 0.410 e. The van der Waals surface area contributed by atoms with E-state index in [1.54, 1.807) is 4.90 Å². The summed E-state index contributed by atoms with van der Waals surface area (Å²) in [6.07, 6.45) is 1.91. The number of ether oxygens (including phenoxy) is 2. The summed E-state index contributed by atoms with van der Waals surface area (Å²) in [7, 11) is 3.99. The first-order valence-corrected chi connectivity index (χ1v) is 14.1. The molecule has 0 aliphatic carbocycles. The number of rotatable bonds is 5. The Hall–Kier alpha value is -3.85. The minimum Gasteiger partial charge on any atom is -0.482 e. The number of carbonyl (C=O) groups excluding carboxylic acids is 2. The Balaban J connectivity index is 1.22. The highest BCUT2D eigenvalue weighted by Crippen LogP contribution is 2.50. The topological polar surface area (TPSA) is 80.1 Å². The van der Waals surface area contributed by atoms with E-state index in [2.05, 4.69) is 11.9 Å². The summed E-state index contributed by atoms with van der Waals surface area (Å²) in [4.78, 5) is 32.1. The molecule has 3 aromatic rings. The van der Waals surface area contributed by atoms with Crippen LogP contribution in [0.3, 0.4) is 0 Å². The van der Waals surface area contributed by atoms with Gasteiger partial charge < -0.3 is 24.2 Å². The number of benzene rings is 2. The number of fused-ring (bicyclic) bond motifs is 4. The largest absolute Gasteiger partial charge is 0.482 e. The Morgan fingerprint density at radius 3 is 2.52 bits per heavy atom. The zero-order valence-corrected chi connectivity index (χ0v) is 23.5. The minimum atomic E-state index is -0.620. The summed E-state index contributed by atoms with van der Waals surface area (Å²) in [6.45, 7) is 5.39. The van der Waals surface area contributed by atoms with Crippen LogP contribution in [0.4, 0.5) is 4.79 Å². The first-order chi connectivity index (χ1) is 19.3. The van der Waals surface area contributed by atoms with E-state index in [4.69, 9.17) is 14.6 Å². The van der Waals surface area contributed by atoms with Gasteiger partial charge in [-0.2, -0.15) is 5.10 Å². The molecule has 0 N–H and O–H groups in total. The maximum absolute atomic E-state index is 13.3. The lowest BCUT2D eigenvalue weighted by Crippen LogP contribution is -2.49. The maximum atomic E-state index is 13.3. The number of nitrogens with zero attached hydrogens (tertiary/aromatic N) is 5. The van der Waals surface area contributed by atoms with Crippen molar-refractivity contribution < 1.29 is 19.1 Å². The van der Waals surface area contributed by atoms with Crippen LogP contribution in [-0.4, -0.2) is 82.8 Å². The van der Waals surface area contributed by atoms with Gasteiger partial charge in [0.25, 0.3) is 0 Å². The van der Waals surface area contributed by atoms with Crippen molar-refractivity contribution >= 4 is 12.0 Å². The van der Waals surface area contributed by atoms with Crippen LogP contribution in [0.2, 0.25) is 0 Å². The van der Waals surface area contributed by atoms with Gasteiger partial charge in [0.2, 0.25) is 5.91 Å². The Morgan fingerprint density at radius 2 is 1.80 bits per heavy atom. The molecular formula is C31H37N5O4. The van der Waals surface area contributed by atoms with Crippen LogP contribution in [0, 0.1) is 6.92 Å². The van der Waals surface area contributed by atoms with Crippen LogP contribution in [0.15, 0.2) is 54.6 Å². The van der Waals surface area contributed by atoms with Crippen LogP contribution >= 0.6 is 0 Å². The van der Waals surface area contributed by atoms with Gasteiger partial charge in [-0.1, -0.05) is 42.5 Å².